The average molecular weight is 551 g/mol. The van der Waals surface area contributed by atoms with Crippen LogP contribution in [-0.4, -0.2) is 34.9 Å². The second-order valence-corrected chi connectivity index (χ2v) is 9.77. The largest absolute Gasteiger partial charge is 0.294 e. The van der Waals surface area contributed by atoms with Crippen LogP contribution < -0.4 is 21.7 Å². The maximum Gasteiger partial charge on any atom is 0.241 e. The molecule has 2 aromatic rings. The molecule has 4 N–H and O–H groups in total. The molecular formula is C30H38N4O6. The van der Waals surface area contributed by atoms with Crippen molar-refractivity contribution in [2.24, 2.45) is 11.7 Å². The van der Waals surface area contributed by atoms with E-state index in [0.717, 1.165) is 35.7 Å². The van der Waals surface area contributed by atoms with Gasteiger partial charge in [0.25, 0.3) is 0 Å². The SMILES string of the molecule is CC(=O)c1cccc(N(N)C(=O)CCCCCCCCC(=O)N(N)c2cccc(C(C)=O)c2C(C)=O)c1C(C)=O. The van der Waals surface area contributed by atoms with E-state index in [1.807, 2.05) is 0 Å². The van der Waals surface area contributed by atoms with E-state index in [1.165, 1.54) is 39.8 Å². The van der Waals surface area contributed by atoms with Crippen LogP contribution in [0, 0.1) is 0 Å². The molecule has 0 spiro atoms. The minimum absolute atomic E-state index is 0.139. The molecule has 0 heterocycles. The number of benzene rings is 2. The minimum atomic E-state index is -0.351. The van der Waals surface area contributed by atoms with Crippen LogP contribution in [0.15, 0.2) is 36.4 Å². The first kappa shape index (κ1) is 32.2. The van der Waals surface area contributed by atoms with Crippen LogP contribution in [0.3, 0.4) is 0 Å². The zero-order chi connectivity index (χ0) is 30.0. The number of carbonyl (C=O) groups excluding carboxylic acids is 6. The summed E-state index contributed by atoms with van der Waals surface area (Å²) in [6, 6.07) is 9.35. The van der Waals surface area contributed by atoms with Gasteiger partial charge in [0.1, 0.15) is 0 Å². The standard InChI is InChI=1S/C30H38N4O6/c1-19(35)23-13-11-15-25(29(23)21(3)37)33(31)27(39)17-9-7-5-6-8-10-18-28(40)34(32)26-16-12-14-24(20(2)36)30(26)22(4)38/h11-16H,5-10,17-18,31-32H2,1-4H3. The van der Waals surface area contributed by atoms with Gasteiger partial charge in [-0.3, -0.25) is 28.8 Å². The Hall–Kier alpha value is -4.02. The molecule has 0 aromatic heterocycles. The van der Waals surface area contributed by atoms with Crippen molar-refractivity contribution in [1.82, 2.24) is 0 Å². The number of anilines is 2. The number of Topliss-reactive ketones (excluding diaryl/α,β-unsaturated/α-hetero) is 4. The van der Waals surface area contributed by atoms with Crippen molar-refractivity contribution in [3.63, 3.8) is 0 Å². The van der Waals surface area contributed by atoms with Crippen LogP contribution >= 0.6 is 0 Å². The normalized spacial score (nSPS) is 10.7. The summed E-state index contributed by atoms with van der Waals surface area (Å²) in [7, 11) is 0. The molecule has 0 saturated heterocycles. The van der Waals surface area contributed by atoms with Crippen LogP contribution in [0.2, 0.25) is 0 Å². The molecule has 2 rings (SSSR count). The molecule has 10 nitrogen and oxygen atoms in total. The monoisotopic (exact) mass is 550 g/mol. The molecule has 0 aliphatic rings. The highest BCUT2D eigenvalue weighted by molar-refractivity contribution is 6.13. The summed E-state index contributed by atoms with van der Waals surface area (Å²) in [4.78, 5) is 73.3. The Kier molecular flexibility index (Phi) is 12.0. The Labute approximate surface area is 234 Å². The van der Waals surface area contributed by atoms with Crippen LogP contribution in [0.25, 0.3) is 0 Å². The molecule has 40 heavy (non-hydrogen) atoms. The number of hydrogen-bond acceptors (Lipinski definition) is 8. The summed E-state index contributed by atoms with van der Waals surface area (Å²) in [5, 5.41) is 1.88. The van der Waals surface area contributed by atoms with Gasteiger partial charge in [-0.1, -0.05) is 49.9 Å². The topological polar surface area (TPSA) is 161 Å². The first-order chi connectivity index (χ1) is 18.9. The predicted molar refractivity (Wildman–Crippen MR) is 153 cm³/mol. The highest BCUT2D eigenvalue weighted by Crippen LogP contribution is 2.26. The number of hydrogen-bond donors (Lipinski definition) is 2. The lowest BCUT2D eigenvalue weighted by Crippen LogP contribution is -2.38. The number of amides is 2. The van der Waals surface area contributed by atoms with Gasteiger partial charge in [0.15, 0.2) is 23.1 Å². The Morgan fingerprint density at radius 2 is 0.850 bits per heavy atom. The van der Waals surface area contributed by atoms with Gasteiger partial charge < -0.3 is 0 Å². The third-order valence-corrected chi connectivity index (χ3v) is 6.64. The fourth-order valence-electron chi connectivity index (χ4n) is 4.58. The van der Waals surface area contributed by atoms with E-state index in [1.54, 1.807) is 24.3 Å². The van der Waals surface area contributed by atoms with Crippen LogP contribution in [0.4, 0.5) is 11.4 Å². The van der Waals surface area contributed by atoms with Crippen LogP contribution in [0.5, 0.6) is 0 Å². The summed E-state index contributed by atoms with van der Waals surface area (Å²) >= 11 is 0. The van der Waals surface area contributed by atoms with Gasteiger partial charge in [-0.2, -0.15) is 0 Å². The van der Waals surface area contributed by atoms with Gasteiger partial charge >= 0.3 is 0 Å². The fraction of sp³-hybridized carbons (Fsp3) is 0.400. The molecule has 0 atom stereocenters. The highest BCUT2D eigenvalue weighted by atomic mass is 16.2. The Morgan fingerprint density at radius 1 is 0.525 bits per heavy atom. The number of rotatable bonds is 15. The van der Waals surface area contributed by atoms with Crippen molar-refractivity contribution in [3.05, 3.63) is 58.7 Å². The molecule has 0 radical (unpaired) electrons. The van der Waals surface area contributed by atoms with E-state index >= 15 is 0 Å². The molecule has 0 fully saturated rings. The lowest BCUT2D eigenvalue weighted by atomic mass is 9.98. The van der Waals surface area contributed by atoms with Crippen molar-refractivity contribution in [2.75, 3.05) is 10.0 Å². The van der Waals surface area contributed by atoms with Crippen LogP contribution in [-0.2, 0) is 9.59 Å². The molecule has 0 unspecified atom stereocenters. The zero-order valence-electron chi connectivity index (χ0n) is 23.6. The van der Waals surface area contributed by atoms with Crippen LogP contribution in [0.1, 0.15) is 120 Å². The summed E-state index contributed by atoms with van der Waals surface area (Å²) < 4.78 is 0. The lowest BCUT2D eigenvalue weighted by Gasteiger charge is -2.21. The summed E-state index contributed by atoms with van der Waals surface area (Å²) in [6.45, 7) is 5.37. The van der Waals surface area contributed by atoms with Gasteiger partial charge in [0.2, 0.25) is 11.8 Å². The quantitative estimate of drug-likeness (QED) is 0.106. The van der Waals surface area contributed by atoms with Crippen molar-refractivity contribution in [3.8, 4) is 0 Å². The molecular weight excluding hydrogens is 512 g/mol. The Balaban J connectivity index is 1.78. The maximum atomic E-state index is 12.6. The lowest BCUT2D eigenvalue weighted by molar-refractivity contribution is -0.119. The first-order valence-corrected chi connectivity index (χ1v) is 13.3. The molecule has 2 amide bonds. The summed E-state index contributed by atoms with van der Waals surface area (Å²) in [6.07, 6.45) is 4.85. The number of ketones is 4. The molecule has 2 aromatic carbocycles. The fourth-order valence-corrected chi connectivity index (χ4v) is 4.58. The second-order valence-electron chi connectivity index (χ2n) is 9.77. The van der Waals surface area contributed by atoms with E-state index in [0.29, 0.717) is 12.8 Å². The van der Waals surface area contributed by atoms with Crippen molar-refractivity contribution < 1.29 is 28.8 Å². The van der Waals surface area contributed by atoms with Gasteiger partial charge in [-0.15, -0.1) is 0 Å². The van der Waals surface area contributed by atoms with Crippen molar-refractivity contribution >= 4 is 46.3 Å². The third-order valence-electron chi connectivity index (χ3n) is 6.64. The molecule has 0 aliphatic carbocycles. The second kappa shape index (κ2) is 14.9. The molecule has 0 saturated carbocycles. The Morgan fingerprint density at radius 3 is 1.15 bits per heavy atom. The molecule has 10 heteroatoms. The predicted octanol–water partition coefficient (Wildman–Crippen LogP) is 4.73. The Bertz CT molecular complexity index is 1200. The highest BCUT2D eigenvalue weighted by Gasteiger charge is 2.23. The molecule has 0 bridgehead atoms. The smallest absolute Gasteiger partial charge is 0.241 e. The summed E-state index contributed by atoms with van der Waals surface area (Å²) in [5.41, 5.74) is 1.17. The van der Waals surface area contributed by atoms with E-state index in [-0.39, 0.29) is 81.4 Å². The van der Waals surface area contributed by atoms with Gasteiger partial charge in [-0.05, 0) is 52.7 Å². The molecule has 214 valence electrons. The third kappa shape index (κ3) is 8.24. The van der Waals surface area contributed by atoms with Gasteiger partial charge in [-0.25, -0.2) is 21.7 Å². The average Bonchev–Trinajstić information content (AvgIpc) is 2.92. The molecule has 0 aliphatic heterocycles. The maximum absolute atomic E-state index is 12.6. The van der Waals surface area contributed by atoms with E-state index in [2.05, 4.69) is 0 Å². The first-order valence-electron chi connectivity index (χ1n) is 13.3. The number of nitrogens with zero attached hydrogens (tertiary/aromatic N) is 2. The number of unbranched alkanes of at least 4 members (excludes halogenated alkanes) is 5. The van der Waals surface area contributed by atoms with Crippen molar-refractivity contribution in [2.45, 2.75) is 79.1 Å². The van der Waals surface area contributed by atoms with Gasteiger partial charge in [0, 0.05) is 24.0 Å². The summed E-state index contributed by atoms with van der Waals surface area (Å²) in [5.74, 6) is 10.1. The van der Waals surface area contributed by atoms with Gasteiger partial charge in [0.05, 0.1) is 22.5 Å². The number of nitrogens with two attached hydrogens (primary N) is 2. The zero-order valence-corrected chi connectivity index (χ0v) is 23.6. The number of carbonyl (C=O) groups is 6. The minimum Gasteiger partial charge on any atom is -0.294 e. The van der Waals surface area contributed by atoms with E-state index < -0.39 is 0 Å². The van der Waals surface area contributed by atoms with E-state index in [4.69, 9.17) is 11.7 Å². The van der Waals surface area contributed by atoms with E-state index in [9.17, 15) is 28.8 Å². The van der Waals surface area contributed by atoms with Crippen molar-refractivity contribution in [1.29, 1.82) is 0 Å². The number of hydrazine groups is 2.